The lowest BCUT2D eigenvalue weighted by atomic mass is 10.0. The first kappa shape index (κ1) is 18.1. The van der Waals surface area contributed by atoms with Crippen LogP contribution in [0.15, 0.2) is 24.5 Å². The smallest absolute Gasteiger partial charge is 0.167 e. The summed E-state index contributed by atoms with van der Waals surface area (Å²) in [4.78, 5) is 8.28. The summed E-state index contributed by atoms with van der Waals surface area (Å²) < 4.78 is 19.9. The SMILES string of the molecule is CNCCNc1cc(C(=N)c2cc(OC3(C)CC3)c(F)cc2N)ncn1. The molecule has 7 nitrogen and oxygen atoms in total. The zero-order valence-electron chi connectivity index (χ0n) is 14.9. The number of ether oxygens (including phenoxy) is 1. The highest BCUT2D eigenvalue weighted by molar-refractivity contribution is 6.13. The predicted octanol–water partition coefficient (Wildman–Crippen LogP) is 2.18. The lowest BCUT2D eigenvalue weighted by molar-refractivity contribution is 0.191. The summed E-state index contributed by atoms with van der Waals surface area (Å²) in [6.45, 7) is 3.40. The van der Waals surface area contributed by atoms with Crippen molar-refractivity contribution in [3.8, 4) is 5.75 Å². The van der Waals surface area contributed by atoms with Crippen molar-refractivity contribution < 1.29 is 9.13 Å². The number of benzene rings is 1. The van der Waals surface area contributed by atoms with E-state index in [1.807, 2.05) is 14.0 Å². The van der Waals surface area contributed by atoms with Crippen molar-refractivity contribution in [2.75, 3.05) is 31.2 Å². The lowest BCUT2D eigenvalue weighted by Gasteiger charge is -2.16. The van der Waals surface area contributed by atoms with Crippen LogP contribution in [0.25, 0.3) is 0 Å². The summed E-state index contributed by atoms with van der Waals surface area (Å²) in [7, 11) is 1.86. The number of nitrogens with zero attached hydrogens (tertiary/aromatic N) is 2. The third-order valence-corrected chi connectivity index (χ3v) is 4.29. The van der Waals surface area contributed by atoms with Crippen LogP contribution >= 0.6 is 0 Å². The molecule has 3 rings (SSSR count). The molecule has 138 valence electrons. The van der Waals surface area contributed by atoms with E-state index in [9.17, 15) is 4.39 Å². The molecule has 5 N–H and O–H groups in total. The van der Waals surface area contributed by atoms with Crippen LogP contribution in [0.3, 0.4) is 0 Å². The van der Waals surface area contributed by atoms with Gasteiger partial charge in [-0.05, 0) is 32.9 Å². The molecule has 0 saturated heterocycles. The van der Waals surface area contributed by atoms with Crippen molar-refractivity contribution in [2.24, 2.45) is 0 Å². The molecule has 1 fully saturated rings. The zero-order chi connectivity index (χ0) is 18.7. The van der Waals surface area contributed by atoms with Gasteiger partial charge in [-0.1, -0.05) is 0 Å². The molecule has 0 radical (unpaired) electrons. The average Bonchev–Trinajstić information content (AvgIpc) is 3.34. The van der Waals surface area contributed by atoms with Crippen molar-refractivity contribution in [3.05, 3.63) is 41.6 Å². The second kappa shape index (κ2) is 7.25. The zero-order valence-corrected chi connectivity index (χ0v) is 14.9. The van der Waals surface area contributed by atoms with Crippen molar-refractivity contribution in [3.63, 3.8) is 0 Å². The minimum Gasteiger partial charge on any atom is -0.484 e. The monoisotopic (exact) mass is 358 g/mol. The van der Waals surface area contributed by atoms with Gasteiger partial charge in [-0.2, -0.15) is 0 Å². The fraction of sp³-hybridized carbons (Fsp3) is 0.389. The third-order valence-electron chi connectivity index (χ3n) is 4.29. The van der Waals surface area contributed by atoms with Gasteiger partial charge in [-0.3, -0.25) is 5.41 Å². The Morgan fingerprint density at radius 1 is 1.31 bits per heavy atom. The van der Waals surface area contributed by atoms with Crippen molar-refractivity contribution in [2.45, 2.75) is 25.4 Å². The molecule has 1 heterocycles. The summed E-state index contributed by atoms with van der Waals surface area (Å²) >= 11 is 0. The molecular weight excluding hydrogens is 335 g/mol. The van der Waals surface area contributed by atoms with Gasteiger partial charge in [-0.15, -0.1) is 0 Å². The van der Waals surface area contributed by atoms with Crippen molar-refractivity contribution >= 4 is 17.2 Å². The van der Waals surface area contributed by atoms with Crippen LogP contribution in [-0.2, 0) is 0 Å². The van der Waals surface area contributed by atoms with Crippen molar-refractivity contribution in [1.29, 1.82) is 5.41 Å². The van der Waals surface area contributed by atoms with Crippen LogP contribution in [0.4, 0.5) is 15.9 Å². The van der Waals surface area contributed by atoms with E-state index in [-0.39, 0.29) is 22.7 Å². The number of rotatable bonds is 8. The standard InChI is InChI=1S/C18H23FN6O/c1-18(3-4-18)26-15-7-11(13(20)8-12(15)19)17(21)14-9-16(25-10-24-14)23-6-5-22-2/h7-10,21-22H,3-6,20H2,1-2H3,(H,23,24,25). The minimum atomic E-state index is -0.524. The molecule has 0 amide bonds. The number of anilines is 2. The first-order chi connectivity index (χ1) is 12.4. The molecule has 0 bridgehead atoms. The molecular formula is C18H23FN6O. The van der Waals surface area contributed by atoms with Gasteiger partial charge >= 0.3 is 0 Å². The van der Waals surface area contributed by atoms with Crippen LogP contribution in [0, 0.1) is 11.2 Å². The highest BCUT2D eigenvalue weighted by atomic mass is 19.1. The van der Waals surface area contributed by atoms with Gasteiger partial charge in [0.1, 0.15) is 17.7 Å². The second-order valence-corrected chi connectivity index (χ2v) is 6.62. The van der Waals surface area contributed by atoms with Crippen LogP contribution in [0.2, 0.25) is 0 Å². The lowest BCUT2D eigenvalue weighted by Crippen LogP contribution is -2.18. The van der Waals surface area contributed by atoms with Crippen LogP contribution in [0.5, 0.6) is 5.75 Å². The maximum absolute atomic E-state index is 14.2. The number of aromatic nitrogens is 2. The number of nitrogens with one attached hydrogen (secondary N) is 3. The average molecular weight is 358 g/mol. The second-order valence-electron chi connectivity index (χ2n) is 6.62. The van der Waals surface area contributed by atoms with Gasteiger partial charge in [-0.25, -0.2) is 14.4 Å². The fourth-order valence-corrected chi connectivity index (χ4v) is 2.45. The van der Waals surface area contributed by atoms with Gasteiger partial charge in [0.2, 0.25) is 0 Å². The fourth-order valence-electron chi connectivity index (χ4n) is 2.45. The topological polar surface area (TPSA) is 109 Å². The largest absolute Gasteiger partial charge is 0.484 e. The summed E-state index contributed by atoms with van der Waals surface area (Å²) in [5.41, 5.74) is 6.65. The van der Waals surface area contributed by atoms with Gasteiger partial charge < -0.3 is 21.1 Å². The normalized spacial score (nSPS) is 14.7. The molecule has 1 aliphatic carbocycles. The number of hydrogen-bond acceptors (Lipinski definition) is 7. The molecule has 0 atom stereocenters. The number of likely N-dealkylation sites (N-methyl/N-ethyl adjacent to an activating group) is 1. The maximum Gasteiger partial charge on any atom is 0.167 e. The van der Waals surface area contributed by atoms with Gasteiger partial charge in [0.25, 0.3) is 0 Å². The van der Waals surface area contributed by atoms with Crippen LogP contribution < -0.4 is 21.1 Å². The third kappa shape index (κ3) is 4.08. The van der Waals surface area contributed by atoms with E-state index < -0.39 is 5.82 Å². The Hall–Kier alpha value is -2.74. The first-order valence-electron chi connectivity index (χ1n) is 8.50. The van der Waals surface area contributed by atoms with E-state index in [2.05, 4.69) is 20.6 Å². The Balaban J connectivity index is 1.85. The summed E-state index contributed by atoms with van der Waals surface area (Å²) in [5.74, 6) is 0.197. The Morgan fingerprint density at radius 2 is 2.08 bits per heavy atom. The molecule has 26 heavy (non-hydrogen) atoms. The molecule has 1 aromatic heterocycles. The quantitative estimate of drug-likeness (QED) is 0.327. The van der Waals surface area contributed by atoms with Gasteiger partial charge in [0, 0.05) is 36.5 Å². The number of hydrogen-bond donors (Lipinski definition) is 4. The molecule has 1 aromatic carbocycles. The molecule has 1 saturated carbocycles. The molecule has 8 heteroatoms. The van der Waals surface area contributed by atoms with Crippen LogP contribution in [0.1, 0.15) is 31.0 Å². The Morgan fingerprint density at radius 3 is 2.77 bits per heavy atom. The highest BCUT2D eigenvalue weighted by Crippen LogP contribution is 2.41. The Kier molecular flexibility index (Phi) is 5.03. The minimum absolute atomic E-state index is 0.0902. The molecule has 2 aromatic rings. The molecule has 1 aliphatic rings. The summed E-state index contributed by atoms with van der Waals surface area (Å²) in [5, 5.41) is 14.6. The first-order valence-corrected chi connectivity index (χ1v) is 8.50. The predicted molar refractivity (Wildman–Crippen MR) is 99.5 cm³/mol. The van der Waals surface area contributed by atoms with E-state index in [4.69, 9.17) is 15.9 Å². The Bertz CT molecular complexity index is 821. The van der Waals surface area contributed by atoms with E-state index in [0.717, 1.165) is 19.4 Å². The molecule has 0 aliphatic heterocycles. The summed E-state index contributed by atoms with van der Waals surface area (Å²) in [6.07, 6.45) is 3.16. The highest BCUT2D eigenvalue weighted by Gasteiger charge is 2.40. The van der Waals surface area contributed by atoms with E-state index >= 15 is 0 Å². The van der Waals surface area contributed by atoms with Gasteiger partial charge in [0.05, 0.1) is 11.4 Å². The van der Waals surface area contributed by atoms with E-state index in [1.165, 1.54) is 18.5 Å². The maximum atomic E-state index is 14.2. The molecule has 0 spiro atoms. The number of halogens is 1. The van der Waals surface area contributed by atoms with E-state index in [0.29, 0.717) is 23.6 Å². The Labute approximate surface area is 151 Å². The summed E-state index contributed by atoms with van der Waals surface area (Å²) in [6, 6.07) is 4.34. The van der Waals surface area contributed by atoms with E-state index in [1.54, 1.807) is 6.07 Å². The van der Waals surface area contributed by atoms with Crippen LogP contribution in [-0.4, -0.2) is 41.4 Å². The van der Waals surface area contributed by atoms with Crippen molar-refractivity contribution in [1.82, 2.24) is 15.3 Å². The molecule has 0 unspecified atom stereocenters. The van der Waals surface area contributed by atoms with Gasteiger partial charge in [0.15, 0.2) is 11.6 Å². The number of nitrogens with two attached hydrogens (primary N) is 1. The number of nitrogen functional groups attached to an aromatic ring is 1.